The molecule has 6 heteroatoms. The SMILES string of the molecule is CC(C)N1CC(C(=O)Nc2ccc(Cl)cc2Cl)CC1=O. The average molecular weight is 315 g/mol. The molecule has 4 nitrogen and oxygen atoms in total. The Morgan fingerprint density at radius 2 is 2.10 bits per heavy atom. The first-order valence-corrected chi connectivity index (χ1v) is 7.19. The lowest BCUT2D eigenvalue weighted by atomic mass is 10.1. The molecule has 108 valence electrons. The van der Waals surface area contributed by atoms with Crippen molar-refractivity contribution in [3.8, 4) is 0 Å². The Labute approximate surface area is 128 Å². The van der Waals surface area contributed by atoms with Crippen molar-refractivity contribution in [1.82, 2.24) is 4.90 Å². The van der Waals surface area contributed by atoms with E-state index in [1.54, 1.807) is 23.1 Å². The van der Waals surface area contributed by atoms with Crippen molar-refractivity contribution in [2.45, 2.75) is 26.3 Å². The molecule has 0 bridgehead atoms. The number of anilines is 1. The summed E-state index contributed by atoms with van der Waals surface area (Å²) in [7, 11) is 0. The minimum absolute atomic E-state index is 0.0161. The Kier molecular flexibility index (Phi) is 4.55. The summed E-state index contributed by atoms with van der Waals surface area (Å²) < 4.78 is 0. The fourth-order valence-electron chi connectivity index (χ4n) is 2.23. The molecule has 20 heavy (non-hydrogen) atoms. The van der Waals surface area contributed by atoms with E-state index in [2.05, 4.69) is 5.32 Å². The summed E-state index contributed by atoms with van der Waals surface area (Å²) in [6.45, 7) is 4.33. The molecular formula is C14H16Cl2N2O2. The molecule has 1 aliphatic rings. The zero-order chi connectivity index (χ0) is 14.9. The molecule has 0 saturated carbocycles. The standard InChI is InChI=1S/C14H16Cl2N2O2/c1-8(2)18-7-9(5-13(18)19)14(20)17-12-4-3-10(15)6-11(12)16/h3-4,6,8-9H,5,7H2,1-2H3,(H,17,20). The average Bonchev–Trinajstić information content (AvgIpc) is 2.75. The van der Waals surface area contributed by atoms with Gasteiger partial charge in [0.1, 0.15) is 0 Å². The summed E-state index contributed by atoms with van der Waals surface area (Å²) in [6.07, 6.45) is 0.245. The molecule has 0 aliphatic carbocycles. The highest BCUT2D eigenvalue weighted by atomic mass is 35.5. The van der Waals surface area contributed by atoms with E-state index in [0.717, 1.165) is 0 Å². The number of benzene rings is 1. The highest BCUT2D eigenvalue weighted by Crippen LogP contribution is 2.27. The van der Waals surface area contributed by atoms with Crippen LogP contribution >= 0.6 is 23.2 Å². The maximum atomic E-state index is 12.2. The predicted octanol–water partition coefficient (Wildman–Crippen LogP) is 3.19. The van der Waals surface area contributed by atoms with Gasteiger partial charge in [-0.15, -0.1) is 0 Å². The molecule has 1 aromatic carbocycles. The van der Waals surface area contributed by atoms with Crippen LogP contribution < -0.4 is 5.32 Å². The fraction of sp³-hybridized carbons (Fsp3) is 0.429. The van der Waals surface area contributed by atoms with Gasteiger partial charge in [-0.25, -0.2) is 0 Å². The van der Waals surface area contributed by atoms with Crippen molar-refractivity contribution >= 4 is 40.7 Å². The lowest BCUT2D eigenvalue weighted by Gasteiger charge is -2.20. The molecule has 1 fully saturated rings. The Hall–Kier alpha value is -1.26. The smallest absolute Gasteiger partial charge is 0.229 e. The molecule has 1 saturated heterocycles. The summed E-state index contributed by atoms with van der Waals surface area (Å²) >= 11 is 11.8. The quantitative estimate of drug-likeness (QED) is 0.931. The Morgan fingerprint density at radius 3 is 2.65 bits per heavy atom. The molecule has 0 aromatic heterocycles. The van der Waals surface area contributed by atoms with Crippen LogP contribution in [0.2, 0.25) is 10.0 Å². The van der Waals surface area contributed by atoms with Gasteiger partial charge in [0, 0.05) is 24.0 Å². The van der Waals surface area contributed by atoms with Gasteiger partial charge in [0.05, 0.1) is 16.6 Å². The number of likely N-dealkylation sites (tertiary alicyclic amines) is 1. The van der Waals surface area contributed by atoms with E-state index in [4.69, 9.17) is 23.2 Å². The number of rotatable bonds is 3. The van der Waals surface area contributed by atoms with Crippen molar-refractivity contribution < 1.29 is 9.59 Å². The molecule has 1 heterocycles. The van der Waals surface area contributed by atoms with Crippen molar-refractivity contribution in [3.05, 3.63) is 28.2 Å². The number of amides is 2. The molecule has 1 atom stereocenters. The van der Waals surface area contributed by atoms with Crippen molar-refractivity contribution in [2.24, 2.45) is 5.92 Å². The van der Waals surface area contributed by atoms with Crippen molar-refractivity contribution in [3.63, 3.8) is 0 Å². The molecule has 2 rings (SSSR count). The first-order valence-electron chi connectivity index (χ1n) is 6.44. The summed E-state index contributed by atoms with van der Waals surface area (Å²) in [5.74, 6) is -0.510. The van der Waals surface area contributed by atoms with Crippen LogP contribution in [0.5, 0.6) is 0 Å². The van der Waals surface area contributed by atoms with E-state index >= 15 is 0 Å². The number of nitrogens with one attached hydrogen (secondary N) is 1. The third-order valence-electron chi connectivity index (χ3n) is 3.34. The highest BCUT2D eigenvalue weighted by Gasteiger charge is 2.35. The number of hydrogen-bond donors (Lipinski definition) is 1. The van der Waals surface area contributed by atoms with Crippen LogP contribution in [-0.2, 0) is 9.59 Å². The molecule has 1 unspecified atom stereocenters. The van der Waals surface area contributed by atoms with Crippen LogP contribution in [0.1, 0.15) is 20.3 Å². The van der Waals surface area contributed by atoms with Crippen LogP contribution in [0, 0.1) is 5.92 Å². The molecule has 1 aromatic rings. The first kappa shape index (κ1) is 15.1. The van der Waals surface area contributed by atoms with Gasteiger partial charge in [-0.1, -0.05) is 23.2 Å². The summed E-state index contributed by atoms with van der Waals surface area (Å²) in [5.41, 5.74) is 0.511. The minimum atomic E-state index is -0.336. The van der Waals surface area contributed by atoms with Crippen LogP contribution in [0.4, 0.5) is 5.69 Å². The summed E-state index contributed by atoms with van der Waals surface area (Å²) in [5, 5.41) is 3.65. The van der Waals surface area contributed by atoms with Crippen molar-refractivity contribution in [2.75, 3.05) is 11.9 Å². The van der Waals surface area contributed by atoms with Gasteiger partial charge in [-0.3, -0.25) is 9.59 Å². The third kappa shape index (κ3) is 3.25. The maximum Gasteiger partial charge on any atom is 0.229 e. The fourth-order valence-corrected chi connectivity index (χ4v) is 2.69. The molecular weight excluding hydrogens is 299 g/mol. The van der Waals surface area contributed by atoms with E-state index in [-0.39, 0.29) is 30.2 Å². The predicted molar refractivity (Wildman–Crippen MR) is 80.0 cm³/mol. The van der Waals surface area contributed by atoms with E-state index in [1.807, 2.05) is 13.8 Å². The monoisotopic (exact) mass is 314 g/mol. The lowest BCUT2D eigenvalue weighted by Crippen LogP contribution is -2.33. The molecule has 1 N–H and O–H groups in total. The number of carbonyl (C=O) groups excluding carboxylic acids is 2. The van der Waals surface area contributed by atoms with Crippen LogP contribution in [0.15, 0.2) is 18.2 Å². The van der Waals surface area contributed by atoms with E-state index < -0.39 is 0 Å². The Morgan fingerprint density at radius 1 is 1.40 bits per heavy atom. The van der Waals surface area contributed by atoms with Gasteiger partial charge in [0.2, 0.25) is 11.8 Å². The number of carbonyl (C=O) groups is 2. The van der Waals surface area contributed by atoms with Gasteiger partial charge < -0.3 is 10.2 Å². The zero-order valence-electron chi connectivity index (χ0n) is 11.3. The number of halogens is 2. The van der Waals surface area contributed by atoms with E-state index in [9.17, 15) is 9.59 Å². The second-order valence-corrected chi connectivity index (χ2v) is 6.00. The van der Waals surface area contributed by atoms with Crippen molar-refractivity contribution in [1.29, 1.82) is 0 Å². The highest BCUT2D eigenvalue weighted by molar-refractivity contribution is 6.36. The molecule has 1 aliphatic heterocycles. The van der Waals surface area contributed by atoms with Gasteiger partial charge in [-0.2, -0.15) is 0 Å². The van der Waals surface area contributed by atoms with E-state index in [1.165, 1.54) is 0 Å². The summed E-state index contributed by atoms with van der Waals surface area (Å²) in [6, 6.07) is 4.99. The molecule has 0 radical (unpaired) electrons. The molecule has 2 amide bonds. The maximum absolute atomic E-state index is 12.2. The van der Waals surface area contributed by atoms with Gasteiger partial charge in [0.15, 0.2) is 0 Å². The molecule has 0 spiro atoms. The lowest BCUT2D eigenvalue weighted by molar-refractivity contribution is -0.129. The summed E-state index contributed by atoms with van der Waals surface area (Å²) in [4.78, 5) is 25.7. The Bertz CT molecular complexity index is 546. The minimum Gasteiger partial charge on any atom is -0.339 e. The normalized spacial score (nSPS) is 18.8. The van der Waals surface area contributed by atoms with Crippen LogP contribution in [0.25, 0.3) is 0 Å². The second-order valence-electron chi connectivity index (χ2n) is 5.15. The topological polar surface area (TPSA) is 49.4 Å². The second kappa shape index (κ2) is 6.02. The largest absolute Gasteiger partial charge is 0.339 e. The number of hydrogen-bond acceptors (Lipinski definition) is 2. The number of nitrogens with zero attached hydrogens (tertiary/aromatic N) is 1. The van der Waals surface area contributed by atoms with Crippen LogP contribution in [0.3, 0.4) is 0 Å². The van der Waals surface area contributed by atoms with Gasteiger partial charge in [0.25, 0.3) is 0 Å². The van der Waals surface area contributed by atoms with Gasteiger partial charge >= 0.3 is 0 Å². The van der Waals surface area contributed by atoms with E-state index in [0.29, 0.717) is 22.3 Å². The van der Waals surface area contributed by atoms with Gasteiger partial charge in [-0.05, 0) is 32.0 Å². The Balaban J connectivity index is 2.04. The van der Waals surface area contributed by atoms with Crippen LogP contribution in [-0.4, -0.2) is 29.3 Å². The third-order valence-corrected chi connectivity index (χ3v) is 3.89. The first-order chi connectivity index (χ1) is 9.38. The zero-order valence-corrected chi connectivity index (χ0v) is 12.8.